The number of nitrogens with zero attached hydrogens (tertiary/aromatic N) is 4. The standard InChI is InChI=1S/C20H26FN7O2S.C2H6/c1-11(2)27-9-13-7-15(21)14(8-17(13)31-27)20(30)25-18-6-4-5-16(24-18)19(26-22)28(23)12(3)10-29;1-2/h4-8,11-12,29H,9-10,22-23H2,1-3H3,(H,24,25,30);1-2H3/b26-19-;. The van der Waals surface area contributed by atoms with Crippen LogP contribution in [0, 0.1) is 5.82 Å². The third kappa shape index (κ3) is 6.20. The Hall–Kier alpha value is -2.73. The van der Waals surface area contributed by atoms with E-state index in [0.717, 1.165) is 10.5 Å². The molecular weight excluding hydrogens is 445 g/mol. The number of halogens is 1. The molecule has 0 spiro atoms. The summed E-state index contributed by atoms with van der Waals surface area (Å²) in [6, 6.07) is 7.62. The Morgan fingerprint density at radius 1 is 1.36 bits per heavy atom. The summed E-state index contributed by atoms with van der Waals surface area (Å²) in [6.07, 6.45) is 0. The number of aromatic nitrogens is 1. The summed E-state index contributed by atoms with van der Waals surface area (Å²) in [7, 11) is 0. The van der Waals surface area contributed by atoms with E-state index in [1.807, 2.05) is 13.8 Å². The molecule has 11 heteroatoms. The summed E-state index contributed by atoms with van der Waals surface area (Å²) in [5.74, 6) is 10.5. The summed E-state index contributed by atoms with van der Waals surface area (Å²) in [5.41, 5.74) is 1.09. The van der Waals surface area contributed by atoms with Crippen molar-refractivity contribution in [2.24, 2.45) is 16.8 Å². The van der Waals surface area contributed by atoms with Crippen LogP contribution < -0.4 is 17.0 Å². The molecular formula is C22H32FN7O2S. The lowest BCUT2D eigenvalue weighted by atomic mass is 10.1. The zero-order chi connectivity index (χ0) is 24.7. The number of benzene rings is 1. The van der Waals surface area contributed by atoms with Crippen LogP contribution >= 0.6 is 11.9 Å². The number of amides is 1. The molecule has 1 atom stereocenters. The molecule has 3 rings (SSSR count). The molecule has 0 saturated carbocycles. The molecule has 180 valence electrons. The van der Waals surface area contributed by atoms with Gasteiger partial charge in [-0.05, 0) is 62.5 Å². The number of nitrogens with one attached hydrogen (secondary N) is 1. The number of hydrazone groups is 1. The summed E-state index contributed by atoms with van der Waals surface area (Å²) in [4.78, 5) is 17.9. The number of carbonyl (C=O) groups excluding carboxylic acids is 1. The van der Waals surface area contributed by atoms with Gasteiger partial charge < -0.3 is 16.3 Å². The molecule has 2 aromatic rings. The van der Waals surface area contributed by atoms with Crippen LogP contribution in [0.4, 0.5) is 10.2 Å². The van der Waals surface area contributed by atoms with E-state index in [9.17, 15) is 14.3 Å². The summed E-state index contributed by atoms with van der Waals surface area (Å²) >= 11 is 1.51. The highest BCUT2D eigenvalue weighted by atomic mass is 32.2. The Morgan fingerprint density at radius 2 is 2.06 bits per heavy atom. The third-order valence-corrected chi connectivity index (χ3v) is 6.20. The van der Waals surface area contributed by atoms with E-state index in [2.05, 4.69) is 33.6 Å². The second-order valence-electron chi connectivity index (χ2n) is 7.45. The van der Waals surface area contributed by atoms with Gasteiger partial charge in [-0.3, -0.25) is 9.80 Å². The van der Waals surface area contributed by atoms with Crippen molar-refractivity contribution in [1.29, 1.82) is 0 Å². The number of nitrogens with two attached hydrogens (primary N) is 2. The van der Waals surface area contributed by atoms with E-state index in [0.29, 0.717) is 18.3 Å². The normalized spacial score (nSPS) is 14.4. The van der Waals surface area contributed by atoms with Crippen LogP contribution in [0.5, 0.6) is 0 Å². The molecule has 0 radical (unpaired) electrons. The molecule has 33 heavy (non-hydrogen) atoms. The van der Waals surface area contributed by atoms with Crippen molar-refractivity contribution in [3.05, 3.63) is 53.0 Å². The van der Waals surface area contributed by atoms with Gasteiger partial charge in [-0.25, -0.2) is 19.5 Å². The number of rotatable bonds is 6. The van der Waals surface area contributed by atoms with E-state index >= 15 is 0 Å². The molecule has 0 saturated heterocycles. The minimum atomic E-state index is -0.617. The van der Waals surface area contributed by atoms with Crippen LogP contribution in [0.15, 0.2) is 40.3 Å². The number of hydrazine groups is 1. The second kappa shape index (κ2) is 11.9. The van der Waals surface area contributed by atoms with Gasteiger partial charge in [0, 0.05) is 17.5 Å². The van der Waals surface area contributed by atoms with Crippen molar-refractivity contribution in [3.63, 3.8) is 0 Å². The number of fused-ring (bicyclic) bond motifs is 1. The van der Waals surface area contributed by atoms with Crippen LogP contribution in [-0.4, -0.2) is 49.8 Å². The highest BCUT2D eigenvalue weighted by Crippen LogP contribution is 2.38. The minimum Gasteiger partial charge on any atom is -0.394 e. The molecule has 0 bridgehead atoms. The number of anilines is 1. The average Bonchev–Trinajstić information content (AvgIpc) is 3.23. The Balaban J connectivity index is 0.00000187. The van der Waals surface area contributed by atoms with E-state index in [-0.39, 0.29) is 23.8 Å². The van der Waals surface area contributed by atoms with Crippen molar-refractivity contribution in [3.8, 4) is 0 Å². The molecule has 1 unspecified atom stereocenters. The van der Waals surface area contributed by atoms with Gasteiger partial charge in [-0.2, -0.15) is 5.10 Å². The Bertz CT molecular complexity index is 1000. The van der Waals surface area contributed by atoms with Crippen molar-refractivity contribution < 1.29 is 14.3 Å². The summed E-state index contributed by atoms with van der Waals surface area (Å²) in [6.45, 7) is 10.2. The van der Waals surface area contributed by atoms with Gasteiger partial charge in [0.25, 0.3) is 5.91 Å². The number of hydrogen-bond acceptors (Lipinski definition) is 8. The number of aliphatic hydroxyl groups is 1. The van der Waals surface area contributed by atoms with Crippen molar-refractivity contribution >= 4 is 29.5 Å². The first-order valence-electron chi connectivity index (χ1n) is 10.7. The smallest absolute Gasteiger partial charge is 0.259 e. The molecule has 6 N–H and O–H groups in total. The molecule has 9 nitrogen and oxygen atoms in total. The monoisotopic (exact) mass is 477 g/mol. The van der Waals surface area contributed by atoms with Gasteiger partial charge in [0.15, 0.2) is 5.84 Å². The van der Waals surface area contributed by atoms with Gasteiger partial charge in [0.05, 0.1) is 18.2 Å². The van der Waals surface area contributed by atoms with Gasteiger partial charge in [0.1, 0.15) is 17.3 Å². The van der Waals surface area contributed by atoms with Crippen LogP contribution in [0.3, 0.4) is 0 Å². The third-order valence-electron chi connectivity index (χ3n) is 4.84. The average molecular weight is 478 g/mol. The fraction of sp³-hybridized carbons (Fsp3) is 0.409. The van der Waals surface area contributed by atoms with E-state index < -0.39 is 17.8 Å². The maximum Gasteiger partial charge on any atom is 0.259 e. The summed E-state index contributed by atoms with van der Waals surface area (Å²) < 4.78 is 16.8. The molecule has 1 aromatic heterocycles. The van der Waals surface area contributed by atoms with Crippen molar-refractivity contribution in [1.82, 2.24) is 14.3 Å². The molecule has 1 aliphatic heterocycles. The van der Waals surface area contributed by atoms with E-state index in [4.69, 9.17) is 11.7 Å². The van der Waals surface area contributed by atoms with Gasteiger partial charge in [-0.1, -0.05) is 19.9 Å². The number of pyridine rings is 1. The van der Waals surface area contributed by atoms with Crippen LogP contribution in [0.25, 0.3) is 0 Å². The predicted octanol–water partition coefficient (Wildman–Crippen LogP) is 2.91. The largest absolute Gasteiger partial charge is 0.394 e. The lowest BCUT2D eigenvalue weighted by molar-refractivity contribution is 0.102. The summed E-state index contributed by atoms with van der Waals surface area (Å²) in [5, 5.41) is 16.7. The van der Waals surface area contributed by atoms with Crippen LogP contribution in [0.1, 0.15) is 56.2 Å². The van der Waals surface area contributed by atoms with Crippen molar-refractivity contribution in [2.75, 3.05) is 11.9 Å². The minimum absolute atomic E-state index is 0.0638. The Kier molecular flexibility index (Phi) is 9.59. The van der Waals surface area contributed by atoms with Gasteiger partial charge in [0.2, 0.25) is 0 Å². The van der Waals surface area contributed by atoms with Crippen LogP contribution in [0.2, 0.25) is 0 Å². The highest BCUT2D eigenvalue weighted by Gasteiger charge is 2.26. The molecule has 1 aromatic carbocycles. The molecule has 0 fully saturated rings. The topological polar surface area (TPSA) is 133 Å². The van der Waals surface area contributed by atoms with Gasteiger partial charge >= 0.3 is 0 Å². The lowest BCUT2D eigenvalue weighted by Crippen LogP contribution is -2.47. The maximum atomic E-state index is 14.6. The molecule has 1 aliphatic rings. The van der Waals surface area contributed by atoms with Gasteiger partial charge in [-0.15, -0.1) is 0 Å². The highest BCUT2D eigenvalue weighted by molar-refractivity contribution is 7.97. The number of hydrogen-bond donors (Lipinski definition) is 4. The van der Waals surface area contributed by atoms with E-state index in [1.54, 1.807) is 31.2 Å². The molecule has 1 amide bonds. The first-order valence-corrected chi connectivity index (χ1v) is 11.5. The molecule has 2 heterocycles. The van der Waals surface area contributed by atoms with E-state index in [1.165, 1.54) is 23.0 Å². The number of carbonyl (C=O) groups is 1. The first-order chi connectivity index (χ1) is 15.7. The Morgan fingerprint density at radius 3 is 2.67 bits per heavy atom. The number of aliphatic hydroxyl groups excluding tert-OH is 1. The first kappa shape index (κ1) is 26.5. The zero-order valence-corrected chi connectivity index (χ0v) is 20.4. The quantitative estimate of drug-likeness (QED) is 0.164. The van der Waals surface area contributed by atoms with Crippen LogP contribution in [-0.2, 0) is 6.54 Å². The Labute approximate surface area is 198 Å². The maximum absolute atomic E-state index is 14.6. The SMILES string of the molecule is CC.CC(C)N1Cc2cc(F)c(C(=O)Nc3cccc(/C(=N/N)N(N)C(C)CO)n3)cc2S1. The second-order valence-corrected chi connectivity index (χ2v) is 8.55. The fourth-order valence-electron chi connectivity index (χ4n) is 2.97. The number of amidine groups is 1. The zero-order valence-electron chi connectivity index (χ0n) is 19.5. The fourth-order valence-corrected chi connectivity index (χ4v) is 4.04. The lowest BCUT2D eigenvalue weighted by Gasteiger charge is -2.25. The molecule has 0 aliphatic carbocycles. The van der Waals surface area contributed by atoms with Crippen molar-refractivity contribution in [2.45, 2.75) is 58.1 Å². The predicted molar refractivity (Wildman–Crippen MR) is 130 cm³/mol.